The Bertz CT molecular complexity index is 1240. The summed E-state index contributed by atoms with van der Waals surface area (Å²) in [6, 6.07) is 15.9. The number of carbonyl (C=O) groups is 2. The van der Waals surface area contributed by atoms with Crippen molar-refractivity contribution in [3.63, 3.8) is 0 Å². The lowest BCUT2D eigenvalue weighted by Gasteiger charge is -2.15. The zero-order valence-corrected chi connectivity index (χ0v) is 17.2. The third-order valence-corrected chi connectivity index (χ3v) is 5.25. The van der Waals surface area contributed by atoms with Gasteiger partial charge >= 0.3 is 0 Å². The number of methoxy groups -OCH3 is 1. The third-order valence-electron chi connectivity index (χ3n) is 5.25. The minimum Gasteiger partial charge on any atom is -0.496 e. The first kappa shape index (κ1) is 19.6. The number of imide groups is 1. The molecule has 0 fully saturated rings. The number of fused-ring (bicyclic) bond motifs is 1. The van der Waals surface area contributed by atoms with Crippen molar-refractivity contribution in [3.8, 4) is 17.2 Å². The molecule has 2 aliphatic rings. The van der Waals surface area contributed by atoms with Crippen LogP contribution in [0.15, 0.2) is 72.7 Å². The van der Waals surface area contributed by atoms with Crippen LogP contribution in [0.4, 0.5) is 5.69 Å². The average Bonchev–Trinajstić information content (AvgIpc) is 3.38. The van der Waals surface area contributed by atoms with E-state index < -0.39 is 11.8 Å². The summed E-state index contributed by atoms with van der Waals surface area (Å²) >= 11 is 0. The number of ether oxygens (including phenoxy) is 3. The van der Waals surface area contributed by atoms with E-state index >= 15 is 0 Å². The number of carbonyl (C=O) groups excluding carboxylic acids is 2. The number of rotatable bonds is 6. The molecule has 0 radical (unpaired) electrons. The molecule has 2 aromatic carbocycles. The van der Waals surface area contributed by atoms with Gasteiger partial charge in [-0.2, -0.15) is 0 Å². The summed E-state index contributed by atoms with van der Waals surface area (Å²) in [5.41, 5.74) is 2.29. The second-order valence-corrected chi connectivity index (χ2v) is 7.20. The van der Waals surface area contributed by atoms with Crippen LogP contribution in [0.3, 0.4) is 0 Å². The molecular weight excluding hydrogens is 410 g/mol. The Labute approximate surface area is 184 Å². The van der Waals surface area contributed by atoms with Gasteiger partial charge in [-0.15, -0.1) is 0 Å². The van der Waals surface area contributed by atoms with Gasteiger partial charge in [0.25, 0.3) is 11.8 Å². The van der Waals surface area contributed by atoms with Crippen LogP contribution in [0.5, 0.6) is 17.2 Å². The summed E-state index contributed by atoms with van der Waals surface area (Å²) in [7, 11) is 1.53. The predicted molar refractivity (Wildman–Crippen MR) is 116 cm³/mol. The fraction of sp³-hybridized carbons (Fsp3) is 0.125. The molecule has 8 heteroatoms. The number of hydrogen-bond acceptors (Lipinski definition) is 7. The maximum atomic E-state index is 13.5. The monoisotopic (exact) mass is 429 g/mol. The van der Waals surface area contributed by atoms with Crippen LogP contribution in [0.2, 0.25) is 0 Å². The molecule has 32 heavy (non-hydrogen) atoms. The zero-order valence-electron chi connectivity index (χ0n) is 17.2. The SMILES string of the molecule is COc1ccccc1C1=C(Nc2ccc3c(c2)OCO3)C(=O)N(Cc2cccnc2)C1=O. The highest BCUT2D eigenvalue weighted by Crippen LogP contribution is 2.38. The molecule has 3 aromatic rings. The van der Waals surface area contributed by atoms with Gasteiger partial charge in [-0.1, -0.05) is 24.3 Å². The van der Waals surface area contributed by atoms with Crippen molar-refractivity contribution in [1.82, 2.24) is 9.88 Å². The Hall–Kier alpha value is -4.33. The number of para-hydroxylation sites is 1. The van der Waals surface area contributed by atoms with E-state index in [2.05, 4.69) is 10.3 Å². The first-order valence-corrected chi connectivity index (χ1v) is 9.95. The maximum Gasteiger partial charge on any atom is 0.278 e. The number of nitrogens with one attached hydrogen (secondary N) is 1. The van der Waals surface area contributed by atoms with Gasteiger partial charge in [0.1, 0.15) is 11.4 Å². The average molecular weight is 429 g/mol. The second kappa shape index (κ2) is 8.07. The molecule has 0 saturated carbocycles. The van der Waals surface area contributed by atoms with Gasteiger partial charge in [0.15, 0.2) is 11.5 Å². The molecule has 3 heterocycles. The summed E-state index contributed by atoms with van der Waals surface area (Å²) in [4.78, 5) is 32.2. The van der Waals surface area contributed by atoms with Crippen LogP contribution < -0.4 is 19.5 Å². The summed E-state index contributed by atoms with van der Waals surface area (Å²) in [5.74, 6) is 0.848. The number of nitrogens with zero attached hydrogens (tertiary/aromatic N) is 2. The van der Waals surface area contributed by atoms with Gasteiger partial charge in [-0.25, -0.2) is 0 Å². The molecule has 0 aliphatic carbocycles. The van der Waals surface area contributed by atoms with E-state index in [0.717, 1.165) is 5.56 Å². The van der Waals surface area contributed by atoms with E-state index in [1.807, 2.05) is 12.1 Å². The van der Waals surface area contributed by atoms with Gasteiger partial charge in [-0.3, -0.25) is 19.5 Å². The summed E-state index contributed by atoms with van der Waals surface area (Å²) in [6.45, 7) is 0.251. The van der Waals surface area contributed by atoms with Crippen molar-refractivity contribution in [2.45, 2.75) is 6.54 Å². The highest BCUT2D eigenvalue weighted by Gasteiger charge is 2.40. The van der Waals surface area contributed by atoms with E-state index in [-0.39, 0.29) is 24.6 Å². The van der Waals surface area contributed by atoms with E-state index in [0.29, 0.717) is 28.5 Å². The first-order valence-electron chi connectivity index (χ1n) is 9.95. The van der Waals surface area contributed by atoms with Gasteiger partial charge in [0.05, 0.1) is 19.2 Å². The number of hydrogen-bond donors (Lipinski definition) is 1. The highest BCUT2D eigenvalue weighted by molar-refractivity contribution is 6.36. The number of aromatic nitrogens is 1. The van der Waals surface area contributed by atoms with Gasteiger partial charge in [0, 0.05) is 29.7 Å². The second-order valence-electron chi connectivity index (χ2n) is 7.20. The lowest BCUT2D eigenvalue weighted by molar-refractivity contribution is -0.137. The van der Waals surface area contributed by atoms with Crippen molar-refractivity contribution in [1.29, 1.82) is 0 Å². The molecule has 0 spiro atoms. The Kier molecular flexibility index (Phi) is 4.95. The topological polar surface area (TPSA) is 90.0 Å². The van der Waals surface area contributed by atoms with Crippen LogP contribution in [0, 0.1) is 0 Å². The van der Waals surface area contributed by atoms with Crippen molar-refractivity contribution in [2.75, 3.05) is 19.2 Å². The smallest absolute Gasteiger partial charge is 0.278 e. The molecular formula is C24H19N3O5. The molecule has 2 aliphatic heterocycles. The minimum atomic E-state index is -0.433. The van der Waals surface area contributed by atoms with Crippen molar-refractivity contribution >= 4 is 23.1 Å². The Morgan fingerprint density at radius 3 is 2.69 bits per heavy atom. The number of benzene rings is 2. The Morgan fingerprint density at radius 2 is 1.88 bits per heavy atom. The summed E-state index contributed by atoms with van der Waals surface area (Å²) in [6.07, 6.45) is 3.27. The fourth-order valence-electron chi connectivity index (χ4n) is 3.73. The molecule has 1 aromatic heterocycles. The molecule has 0 saturated heterocycles. The molecule has 0 bridgehead atoms. The van der Waals surface area contributed by atoms with Gasteiger partial charge < -0.3 is 19.5 Å². The molecule has 1 N–H and O–H groups in total. The largest absolute Gasteiger partial charge is 0.496 e. The summed E-state index contributed by atoms with van der Waals surface area (Å²) < 4.78 is 16.2. The molecule has 0 atom stereocenters. The number of anilines is 1. The van der Waals surface area contributed by atoms with Crippen LogP contribution in [0.25, 0.3) is 5.57 Å². The standard InChI is InChI=1S/C24H19N3O5/c1-30-18-7-3-2-6-17(18)21-22(26-16-8-9-19-20(11-16)32-14-31-19)24(29)27(23(21)28)13-15-5-4-10-25-12-15/h2-12,26H,13-14H2,1H3. The Balaban J connectivity index is 1.57. The normalized spacial score (nSPS) is 14.8. The van der Waals surface area contributed by atoms with Crippen molar-refractivity contribution in [3.05, 3.63) is 83.8 Å². The van der Waals surface area contributed by atoms with Gasteiger partial charge in [-0.05, 0) is 29.8 Å². The van der Waals surface area contributed by atoms with E-state index in [9.17, 15) is 9.59 Å². The highest BCUT2D eigenvalue weighted by atomic mass is 16.7. The van der Waals surface area contributed by atoms with Crippen LogP contribution in [0.1, 0.15) is 11.1 Å². The van der Waals surface area contributed by atoms with E-state index in [1.54, 1.807) is 54.9 Å². The lowest BCUT2D eigenvalue weighted by atomic mass is 10.0. The van der Waals surface area contributed by atoms with Crippen LogP contribution in [-0.2, 0) is 16.1 Å². The number of pyridine rings is 1. The number of amides is 2. The van der Waals surface area contributed by atoms with Crippen molar-refractivity contribution < 1.29 is 23.8 Å². The van der Waals surface area contributed by atoms with E-state index in [1.165, 1.54) is 12.0 Å². The fourth-order valence-corrected chi connectivity index (χ4v) is 3.73. The van der Waals surface area contributed by atoms with Crippen molar-refractivity contribution in [2.24, 2.45) is 0 Å². The van der Waals surface area contributed by atoms with Crippen LogP contribution in [-0.4, -0.2) is 35.6 Å². The molecule has 160 valence electrons. The molecule has 2 amide bonds. The molecule has 0 unspecified atom stereocenters. The van der Waals surface area contributed by atoms with Gasteiger partial charge in [0.2, 0.25) is 6.79 Å². The Morgan fingerprint density at radius 1 is 1.03 bits per heavy atom. The predicted octanol–water partition coefficient (Wildman–Crippen LogP) is 3.21. The van der Waals surface area contributed by atoms with Crippen LogP contribution >= 0.6 is 0 Å². The quantitative estimate of drug-likeness (QED) is 0.602. The zero-order chi connectivity index (χ0) is 22.1. The molecule has 8 nitrogen and oxygen atoms in total. The lowest BCUT2D eigenvalue weighted by Crippen LogP contribution is -2.32. The first-order chi connectivity index (χ1) is 15.7. The summed E-state index contributed by atoms with van der Waals surface area (Å²) in [5, 5.41) is 3.13. The van der Waals surface area contributed by atoms with E-state index in [4.69, 9.17) is 14.2 Å². The maximum absolute atomic E-state index is 13.5. The minimum absolute atomic E-state index is 0.108. The third kappa shape index (κ3) is 3.41. The molecule has 5 rings (SSSR count).